The van der Waals surface area contributed by atoms with E-state index in [1.54, 1.807) is 27.9 Å². The Labute approximate surface area is 145 Å². The first kappa shape index (κ1) is 16.5. The molecule has 2 amide bonds. The lowest BCUT2D eigenvalue weighted by Gasteiger charge is -2.36. The second-order valence-electron chi connectivity index (χ2n) is 6.08. The number of hydrogen-bond acceptors (Lipinski definition) is 3. The predicted molar refractivity (Wildman–Crippen MR) is 91.0 cm³/mol. The van der Waals surface area contributed by atoms with E-state index in [0.29, 0.717) is 29.4 Å². The van der Waals surface area contributed by atoms with Gasteiger partial charge < -0.3 is 10.6 Å². The van der Waals surface area contributed by atoms with Gasteiger partial charge in [-0.25, -0.2) is 4.68 Å². The summed E-state index contributed by atoms with van der Waals surface area (Å²) in [6.07, 6.45) is 3.17. The molecule has 1 aliphatic heterocycles. The number of nitrogens with zero attached hydrogens (tertiary/aromatic N) is 3. The van der Waals surface area contributed by atoms with Crippen molar-refractivity contribution >= 4 is 23.4 Å². The number of amides is 2. The predicted octanol–water partition coefficient (Wildman–Crippen LogP) is 2.25. The van der Waals surface area contributed by atoms with E-state index in [-0.39, 0.29) is 23.8 Å². The van der Waals surface area contributed by atoms with Crippen molar-refractivity contribution in [3.63, 3.8) is 0 Å². The quantitative estimate of drug-likeness (QED) is 0.925. The van der Waals surface area contributed by atoms with E-state index in [4.69, 9.17) is 17.3 Å². The van der Waals surface area contributed by atoms with Crippen LogP contribution in [0.25, 0.3) is 5.69 Å². The number of nitrogens with two attached hydrogens (primary N) is 1. The molecule has 0 radical (unpaired) electrons. The van der Waals surface area contributed by atoms with Gasteiger partial charge in [-0.3, -0.25) is 9.59 Å². The van der Waals surface area contributed by atoms with Gasteiger partial charge in [0.1, 0.15) is 0 Å². The van der Waals surface area contributed by atoms with Gasteiger partial charge in [0, 0.05) is 18.8 Å². The molecule has 126 valence electrons. The molecule has 1 fully saturated rings. The van der Waals surface area contributed by atoms with E-state index in [9.17, 15) is 9.59 Å². The normalized spacial score (nSPS) is 20.8. The highest BCUT2D eigenvalue weighted by Crippen LogP contribution is 2.24. The highest BCUT2D eigenvalue weighted by molar-refractivity contribution is 6.32. The summed E-state index contributed by atoms with van der Waals surface area (Å²) in [5.41, 5.74) is 6.43. The molecule has 1 aromatic carbocycles. The first-order valence-electron chi connectivity index (χ1n) is 7.88. The second kappa shape index (κ2) is 6.65. The Morgan fingerprint density at radius 1 is 1.25 bits per heavy atom. The van der Waals surface area contributed by atoms with Crippen molar-refractivity contribution in [2.45, 2.75) is 25.8 Å². The molecule has 0 aliphatic carbocycles. The summed E-state index contributed by atoms with van der Waals surface area (Å²) in [5.74, 6) is -0.851. The van der Waals surface area contributed by atoms with Crippen LogP contribution in [-0.2, 0) is 4.79 Å². The van der Waals surface area contributed by atoms with Crippen LogP contribution in [0.15, 0.2) is 36.5 Å². The summed E-state index contributed by atoms with van der Waals surface area (Å²) in [5, 5.41) is 4.90. The number of halogens is 1. The molecule has 0 saturated carbocycles. The Morgan fingerprint density at radius 3 is 2.71 bits per heavy atom. The molecule has 7 heteroatoms. The largest absolute Gasteiger partial charge is 0.369 e. The second-order valence-corrected chi connectivity index (χ2v) is 6.49. The third-order valence-electron chi connectivity index (χ3n) is 4.45. The molecule has 1 aliphatic rings. The van der Waals surface area contributed by atoms with Crippen LogP contribution >= 0.6 is 11.6 Å². The minimum Gasteiger partial charge on any atom is -0.369 e. The molecule has 2 atom stereocenters. The van der Waals surface area contributed by atoms with Crippen LogP contribution in [0, 0.1) is 5.92 Å². The smallest absolute Gasteiger partial charge is 0.274 e. The monoisotopic (exact) mass is 346 g/mol. The topological polar surface area (TPSA) is 81.2 Å². The van der Waals surface area contributed by atoms with Crippen LogP contribution in [0.5, 0.6) is 0 Å². The van der Waals surface area contributed by atoms with Gasteiger partial charge in [-0.05, 0) is 38.0 Å². The maximum atomic E-state index is 12.8. The number of carbonyl (C=O) groups excluding carboxylic acids is 2. The van der Waals surface area contributed by atoms with Crippen molar-refractivity contribution in [3.05, 3.63) is 47.2 Å². The number of hydrogen-bond donors (Lipinski definition) is 1. The number of carbonyl (C=O) groups is 2. The third-order valence-corrected chi connectivity index (χ3v) is 4.77. The van der Waals surface area contributed by atoms with E-state index < -0.39 is 0 Å². The molecular weight excluding hydrogens is 328 g/mol. The first-order valence-corrected chi connectivity index (χ1v) is 8.26. The molecule has 2 heterocycles. The van der Waals surface area contributed by atoms with Crippen molar-refractivity contribution in [2.24, 2.45) is 11.7 Å². The Bertz CT molecular complexity index is 773. The summed E-state index contributed by atoms with van der Waals surface area (Å²) in [7, 11) is 0. The number of aromatic nitrogens is 2. The average Bonchev–Trinajstić information content (AvgIpc) is 3.04. The van der Waals surface area contributed by atoms with Crippen LogP contribution in [0.4, 0.5) is 0 Å². The Kier molecular flexibility index (Phi) is 4.57. The zero-order valence-electron chi connectivity index (χ0n) is 13.4. The fourth-order valence-corrected chi connectivity index (χ4v) is 3.20. The molecule has 2 N–H and O–H groups in total. The lowest BCUT2D eigenvalue weighted by molar-refractivity contribution is -0.123. The lowest BCUT2D eigenvalue weighted by Crippen LogP contribution is -2.48. The lowest BCUT2D eigenvalue weighted by atomic mass is 9.92. The standard InChI is InChI=1S/C17H19ClN4O2/c1-11-6-7-12(16(19)23)10-21(11)17(24)14-8-9-22(20-14)15-5-3-2-4-13(15)18/h2-5,8-9,11-12H,6-7,10H2,1H3,(H2,19,23)/t11-,12+/m0/s1. The Balaban J connectivity index is 1.83. The van der Waals surface area contributed by atoms with Gasteiger partial charge in [-0.2, -0.15) is 5.10 Å². The minimum atomic E-state index is -0.360. The Hall–Kier alpha value is -2.34. The van der Waals surface area contributed by atoms with E-state index in [1.165, 1.54) is 0 Å². The SMILES string of the molecule is C[C@H]1CC[C@@H](C(N)=O)CN1C(=O)c1ccn(-c2ccccc2Cl)n1. The van der Waals surface area contributed by atoms with Gasteiger partial charge in [-0.1, -0.05) is 23.7 Å². The van der Waals surface area contributed by atoms with Crippen LogP contribution in [-0.4, -0.2) is 39.1 Å². The van der Waals surface area contributed by atoms with Crippen LogP contribution in [0.2, 0.25) is 5.02 Å². The van der Waals surface area contributed by atoms with Gasteiger partial charge in [0.25, 0.3) is 5.91 Å². The maximum absolute atomic E-state index is 12.8. The summed E-state index contributed by atoms with van der Waals surface area (Å²) < 4.78 is 1.58. The summed E-state index contributed by atoms with van der Waals surface area (Å²) in [6.45, 7) is 2.31. The minimum absolute atomic E-state index is 0.0542. The highest BCUT2D eigenvalue weighted by Gasteiger charge is 2.32. The number of likely N-dealkylation sites (tertiary alicyclic amines) is 1. The van der Waals surface area contributed by atoms with Crippen molar-refractivity contribution in [2.75, 3.05) is 6.54 Å². The maximum Gasteiger partial charge on any atom is 0.274 e. The molecule has 1 aromatic heterocycles. The van der Waals surface area contributed by atoms with Gasteiger partial charge in [-0.15, -0.1) is 0 Å². The number of piperidine rings is 1. The van der Waals surface area contributed by atoms with Gasteiger partial charge >= 0.3 is 0 Å². The van der Waals surface area contributed by atoms with E-state index in [1.807, 2.05) is 25.1 Å². The molecule has 2 aromatic rings. The van der Waals surface area contributed by atoms with Crippen LogP contribution in [0.3, 0.4) is 0 Å². The average molecular weight is 347 g/mol. The zero-order valence-corrected chi connectivity index (χ0v) is 14.1. The molecule has 0 unspecified atom stereocenters. The fourth-order valence-electron chi connectivity index (χ4n) is 2.98. The molecule has 24 heavy (non-hydrogen) atoms. The first-order chi connectivity index (χ1) is 11.5. The number of para-hydroxylation sites is 1. The number of primary amides is 1. The van der Waals surface area contributed by atoms with Crippen molar-refractivity contribution in [3.8, 4) is 5.69 Å². The number of benzene rings is 1. The zero-order chi connectivity index (χ0) is 17.3. The van der Waals surface area contributed by atoms with Crippen LogP contribution < -0.4 is 5.73 Å². The van der Waals surface area contributed by atoms with Gasteiger partial charge in [0.2, 0.25) is 5.91 Å². The summed E-state index contributed by atoms with van der Waals surface area (Å²) in [4.78, 5) is 25.9. The molecular formula is C17H19ClN4O2. The van der Waals surface area contributed by atoms with Crippen LogP contribution in [0.1, 0.15) is 30.3 Å². The molecule has 1 saturated heterocycles. The highest BCUT2D eigenvalue weighted by atomic mass is 35.5. The van der Waals surface area contributed by atoms with Gasteiger partial charge in [0.15, 0.2) is 5.69 Å². The van der Waals surface area contributed by atoms with E-state index in [0.717, 1.165) is 6.42 Å². The summed E-state index contributed by atoms with van der Waals surface area (Å²) in [6, 6.07) is 9.00. The van der Waals surface area contributed by atoms with Crippen molar-refractivity contribution in [1.29, 1.82) is 0 Å². The molecule has 0 spiro atoms. The van der Waals surface area contributed by atoms with Crippen molar-refractivity contribution in [1.82, 2.24) is 14.7 Å². The third kappa shape index (κ3) is 3.14. The Morgan fingerprint density at radius 2 is 2.00 bits per heavy atom. The van der Waals surface area contributed by atoms with Gasteiger partial charge in [0.05, 0.1) is 16.6 Å². The van der Waals surface area contributed by atoms with E-state index >= 15 is 0 Å². The fraction of sp³-hybridized carbons (Fsp3) is 0.353. The van der Waals surface area contributed by atoms with Crippen molar-refractivity contribution < 1.29 is 9.59 Å². The molecule has 3 rings (SSSR count). The van der Waals surface area contributed by atoms with E-state index in [2.05, 4.69) is 5.10 Å². The number of rotatable bonds is 3. The molecule has 0 bridgehead atoms. The molecule has 6 nitrogen and oxygen atoms in total. The summed E-state index contributed by atoms with van der Waals surface area (Å²) >= 11 is 6.17.